The number of ether oxygens (including phenoxy) is 1. The molecule has 4 nitrogen and oxygen atoms in total. The quantitative estimate of drug-likeness (QED) is 0.802. The molecule has 1 amide bonds. The molecule has 1 rings (SSSR count). The number of anilines is 1. The maximum Gasteiger partial charge on any atom is 0.234 e. The van der Waals surface area contributed by atoms with Gasteiger partial charge >= 0.3 is 0 Å². The molecular formula is C13H18N2O2S. The monoisotopic (exact) mass is 266 g/mol. The van der Waals surface area contributed by atoms with Crippen molar-refractivity contribution in [2.24, 2.45) is 17.6 Å². The van der Waals surface area contributed by atoms with Crippen LogP contribution >= 0.6 is 12.2 Å². The molecule has 0 fully saturated rings. The number of benzene rings is 1. The van der Waals surface area contributed by atoms with Crippen molar-refractivity contribution in [3.8, 4) is 5.75 Å². The Hall–Kier alpha value is -1.62. The average molecular weight is 266 g/mol. The van der Waals surface area contributed by atoms with Crippen LogP contribution in [0.2, 0.25) is 0 Å². The van der Waals surface area contributed by atoms with Crippen molar-refractivity contribution in [1.82, 2.24) is 0 Å². The van der Waals surface area contributed by atoms with E-state index < -0.39 is 5.92 Å². The van der Waals surface area contributed by atoms with E-state index in [-0.39, 0.29) is 16.8 Å². The average Bonchev–Trinajstić information content (AvgIpc) is 2.28. The molecule has 0 aliphatic heterocycles. The topological polar surface area (TPSA) is 64.3 Å². The second-order valence-electron chi connectivity index (χ2n) is 4.31. The first-order valence-corrected chi connectivity index (χ1v) is 6.11. The number of methoxy groups -OCH3 is 1. The summed E-state index contributed by atoms with van der Waals surface area (Å²) in [7, 11) is 1.55. The summed E-state index contributed by atoms with van der Waals surface area (Å²) in [5.74, 6) is -0.0274. The molecule has 0 heterocycles. The fourth-order valence-electron chi connectivity index (χ4n) is 1.72. The third kappa shape index (κ3) is 3.43. The van der Waals surface area contributed by atoms with Gasteiger partial charge in [0.2, 0.25) is 5.91 Å². The normalized spacial score (nSPS) is 12.0. The van der Waals surface area contributed by atoms with Gasteiger partial charge in [0.25, 0.3) is 0 Å². The molecule has 0 radical (unpaired) electrons. The smallest absolute Gasteiger partial charge is 0.234 e. The largest absolute Gasteiger partial charge is 0.495 e. The summed E-state index contributed by atoms with van der Waals surface area (Å²) in [6, 6.07) is 7.21. The molecule has 0 aliphatic rings. The highest BCUT2D eigenvalue weighted by Crippen LogP contribution is 2.24. The van der Waals surface area contributed by atoms with E-state index in [0.717, 1.165) is 0 Å². The Bertz CT molecular complexity index is 446. The fourth-order valence-corrected chi connectivity index (χ4v) is 2.10. The number of carbonyl (C=O) groups excluding carboxylic acids is 1. The second-order valence-corrected chi connectivity index (χ2v) is 4.78. The predicted octanol–water partition coefficient (Wildman–Crippen LogP) is 2.19. The van der Waals surface area contributed by atoms with Crippen LogP contribution in [0.25, 0.3) is 0 Å². The van der Waals surface area contributed by atoms with Gasteiger partial charge in [-0.2, -0.15) is 0 Å². The number of nitrogens with two attached hydrogens (primary N) is 1. The van der Waals surface area contributed by atoms with Crippen molar-refractivity contribution < 1.29 is 9.53 Å². The number of rotatable bonds is 5. The lowest BCUT2D eigenvalue weighted by Crippen LogP contribution is -2.36. The molecule has 1 unspecified atom stereocenters. The highest BCUT2D eigenvalue weighted by Gasteiger charge is 2.25. The van der Waals surface area contributed by atoms with Crippen LogP contribution in [0.4, 0.5) is 5.69 Å². The first-order valence-electron chi connectivity index (χ1n) is 5.70. The van der Waals surface area contributed by atoms with Crippen molar-refractivity contribution in [3.05, 3.63) is 24.3 Å². The van der Waals surface area contributed by atoms with Gasteiger partial charge in [0.05, 0.1) is 23.7 Å². The predicted molar refractivity (Wildman–Crippen MR) is 76.7 cm³/mol. The molecule has 3 N–H and O–H groups in total. The standard InChI is InChI=1S/C13H18N2O2S/c1-8(2)11(12(14)18)13(16)15-9-6-4-5-7-10(9)17-3/h4-8,11H,1-3H3,(H2,14,18)(H,15,16). The molecule has 1 atom stereocenters. The number of para-hydroxylation sites is 2. The van der Waals surface area contributed by atoms with Gasteiger partial charge in [-0.15, -0.1) is 0 Å². The summed E-state index contributed by atoms with van der Waals surface area (Å²) in [5.41, 5.74) is 6.22. The van der Waals surface area contributed by atoms with Crippen LogP contribution < -0.4 is 15.8 Å². The van der Waals surface area contributed by atoms with Gasteiger partial charge in [0, 0.05) is 0 Å². The maximum absolute atomic E-state index is 12.1. The van der Waals surface area contributed by atoms with Gasteiger partial charge in [-0.3, -0.25) is 4.79 Å². The Labute approximate surface area is 113 Å². The number of nitrogens with one attached hydrogen (secondary N) is 1. The van der Waals surface area contributed by atoms with Crippen molar-refractivity contribution in [2.45, 2.75) is 13.8 Å². The maximum atomic E-state index is 12.1. The zero-order valence-corrected chi connectivity index (χ0v) is 11.6. The number of hydrogen-bond acceptors (Lipinski definition) is 3. The molecule has 0 saturated carbocycles. The first-order chi connectivity index (χ1) is 8.47. The van der Waals surface area contributed by atoms with Gasteiger partial charge in [-0.1, -0.05) is 38.2 Å². The minimum Gasteiger partial charge on any atom is -0.495 e. The number of hydrogen-bond donors (Lipinski definition) is 2. The van der Waals surface area contributed by atoms with Crippen molar-refractivity contribution in [2.75, 3.05) is 12.4 Å². The zero-order valence-electron chi connectivity index (χ0n) is 10.8. The summed E-state index contributed by atoms with van der Waals surface area (Å²) in [6.45, 7) is 3.82. The zero-order chi connectivity index (χ0) is 13.7. The Morgan fingerprint density at radius 2 is 2.00 bits per heavy atom. The number of thiocarbonyl (C=S) groups is 1. The van der Waals surface area contributed by atoms with E-state index in [0.29, 0.717) is 11.4 Å². The van der Waals surface area contributed by atoms with Crippen molar-refractivity contribution in [1.29, 1.82) is 0 Å². The van der Waals surface area contributed by atoms with Gasteiger partial charge in [0.15, 0.2) is 0 Å². The van der Waals surface area contributed by atoms with Gasteiger partial charge in [0.1, 0.15) is 5.75 Å². The van der Waals surface area contributed by atoms with Crippen LogP contribution in [-0.4, -0.2) is 18.0 Å². The third-order valence-corrected chi connectivity index (χ3v) is 2.87. The van der Waals surface area contributed by atoms with E-state index in [1.807, 2.05) is 26.0 Å². The second kappa shape index (κ2) is 6.35. The van der Waals surface area contributed by atoms with Crippen molar-refractivity contribution in [3.63, 3.8) is 0 Å². The summed E-state index contributed by atoms with van der Waals surface area (Å²) in [4.78, 5) is 12.3. The van der Waals surface area contributed by atoms with Crippen LogP contribution in [0.5, 0.6) is 5.75 Å². The molecule has 0 spiro atoms. The molecule has 0 bridgehead atoms. The Morgan fingerprint density at radius 3 is 2.50 bits per heavy atom. The summed E-state index contributed by atoms with van der Waals surface area (Å²) >= 11 is 4.93. The SMILES string of the molecule is COc1ccccc1NC(=O)C(C(N)=S)C(C)C. The van der Waals surface area contributed by atoms with E-state index in [1.165, 1.54) is 0 Å². The molecule has 5 heteroatoms. The van der Waals surface area contributed by atoms with Crippen LogP contribution in [-0.2, 0) is 4.79 Å². The Kier molecular flexibility index (Phi) is 5.09. The fraction of sp³-hybridized carbons (Fsp3) is 0.385. The third-order valence-electron chi connectivity index (χ3n) is 2.62. The molecule has 0 aliphatic carbocycles. The van der Waals surface area contributed by atoms with Crippen LogP contribution in [0.15, 0.2) is 24.3 Å². The number of amides is 1. The lowest BCUT2D eigenvalue weighted by Gasteiger charge is -2.19. The van der Waals surface area contributed by atoms with E-state index in [2.05, 4.69) is 5.32 Å². The summed E-state index contributed by atoms with van der Waals surface area (Å²) < 4.78 is 5.17. The first kappa shape index (κ1) is 14.4. The molecule has 0 aromatic heterocycles. The molecule has 1 aromatic rings. The van der Waals surface area contributed by atoms with Crippen LogP contribution in [0.3, 0.4) is 0 Å². The molecule has 0 saturated heterocycles. The number of carbonyl (C=O) groups is 1. The van der Waals surface area contributed by atoms with E-state index in [9.17, 15) is 4.79 Å². The summed E-state index contributed by atoms with van der Waals surface area (Å²) in [6.07, 6.45) is 0. The summed E-state index contributed by atoms with van der Waals surface area (Å²) in [5, 5.41) is 2.79. The molecule has 98 valence electrons. The van der Waals surface area contributed by atoms with Crippen molar-refractivity contribution >= 4 is 28.8 Å². The van der Waals surface area contributed by atoms with Crippen LogP contribution in [0, 0.1) is 11.8 Å². The highest BCUT2D eigenvalue weighted by atomic mass is 32.1. The minimum absolute atomic E-state index is 0.0530. The van der Waals surface area contributed by atoms with Gasteiger partial charge < -0.3 is 15.8 Å². The Balaban J connectivity index is 2.89. The minimum atomic E-state index is -0.482. The van der Waals surface area contributed by atoms with Crippen LogP contribution in [0.1, 0.15) is 13.8 Å². The van der Waals surface area contributed by atoms with E-state index in [1.54, 1.807) is 19.2 Å². The van der Waals surface area contributed by atoms with E-state index >= 15 is 0 Å². The van der Waals surface area contributed by atoms with E-state index in [4.69, 9.17) is 22.7 Å². The van der Waals surface area contributed by atoms with Gasteiger partial charge in [-0.05, 0) is 18.1 Å². The lowest BCUT2D eigenvalue weighted by molar-refractivity contribution is -0.118. The Morgan fingerprint density at radius 1 is 1.39 bits per heavy atom. The molecule has 18 heavy (non-hydrogen) atoms. The molecular weight excluding hydrogens is 248 g/mol. The lowest BCUT2D eigenvalue weighted by atomic mass is 9.95. The highest BCUT2D eigenvalue weighted by molar-refractivity contribution is 7.80. The van der Waals surface area contributed by atoms with Gasteiger partial charge in [-0.25, -0.2) is 0 Å². The molecule has 1 aromatic carbocycles.